The van der Waals surface area contributed by atoms with E-state index in [4.69, 9.17) is 0 Å². The fourth-order valence-electron chi connectivity index (χ4n) is 1.61. The summed E-state index contributed by atoms with van der Waals surface area (Å²) in [7, 11) is 0. The average molecular weight is 231 g/mol. The van der Waals surface area contributed by atoms with Gasteiger partial charge in [-0.2, -0.15) is 0 Å². The van der Waals surface area contributed by atoms with E-state index < -0.39 is 0 Å². The molecule has 0 N–H and O–H groups in total. The zero-order valence-electron chi connectivity index (χ0n) is 9.86. The number of thiazole rings is 1. The largest absolute Gasteiger partial charge is 0.241 e. The summed E-state index contributed by atoms with van der Waals surface area (Å²) in [5.74, 6) is 0. The summed E-state index contributed by atoms with van der Waals surface area (Å²) in [5, 5.41) is 3.42. The van der Waals surface area contributed by atoms with Crippen molar-refractivity contribution in [3.05, 3.63) is 40.2 Å². The SMILES string of the molecule is CCCCc1nc(-c2ccc(C)cc2)cs1. The molecule has 0 radical (unpaired) electrons. The van der Waals surface area contributed by atoms with Crippen LogP contribution in [0.4, 0.5) is 0 Å². The Morgan fingerprint density at radius 2 is 1.94 bits per heavy atom. The smallest absolute Gasteiger partial charge is 0.0932 e. The Morgan fingerprint density at radius 3 is 2.62 bits per heavy atom. The van der Waals surface area contributed by atoms with E-state index in [0.29, 0.717) is 0 Å². The van der Waals surface area contributed by atoms with Crippen molar-refractivity contribution in [2.24, 2.45) is 0 Å². The first-order valence-corrected chi connectivity index (χ1v) is 6.69. The first-order chi connectivity index (χ1) is 7.79. The summed E-state index contributed by atoms with van der Waals surface area (Å²) in [4.78, 5) is 4.67. The molecule has 0 saturated heterocycles. The van der Waals surface area contributed by atoms with Crippen LogP contribution in [0.5, 0.6) is 0 Å². The van der Waals surface area contributed by atoms with Crippen molar-refractivity contribution in [2.45, 2.75) is 33.1 Å². The van der Waals surface area contributed by atoms with E-state index in [1.54, 1.807) is 11.3 Å². The number of benzene rings is 1. The Hall–Kier alpha value is -1.15. The monoisotopic (exact) mass is 231 g/mol. The molecular weight excluding hydrogens is 214 g/mol. The van der Waals surface area contributed by atoms with Crippen LogP contribution in [0, 0.1) is 6.92 Å². The molecule has 2 heteroatoms. The molecule has 0 fully saturated rings. The van der Waals surface area contributed by atoms with Gasteiger partial charge in [0.05, 0.1) is 10.7 Å². The number of unbranched alkanes of at least 4 members (excludes halogenated alkanes) is 1. The number of rotatable bonds is 4. The first kappa shape index (κ1) is 11.3. The third-order valence-corrected chi connectivity index (χ3v) is 3.55. The summed E-state index contributed by atoms with van der Waals surface area (Å²) >= 11 is 1.78. The van der Waals surface area contributed by atoms with E-state index in [9.17, 15) is 0 Å². The number of aryl methyl sites for hydroxylation is 2. The Morgan fingerprint density at radius 1 is 1.19 bits per heavy atom. The second kappa shape index (κ2) is 5.26. The predicted molar refractivity (Wildman–Crippen MR) is 70.9 cm³/mol. The topological polar surface area (TPSA) is 12.9 Å². The maximum atomic E-state index is 4.67. The molecule has 0 saturated carbocycles. The maximum absolute atomic E-state index is 4.67. The van der Waals surface area contributed by atoms with Crippen LogP contribution in [0.15, 0.2) is 29.6 Å². The van der Waals surface area contributed by atoms with Crippen molar-refractivity contribution in [2.75, 3.05) is 0 Å². The molecule has 16 heavy (non-hydrogen) atoms. The van der Waals surface area contributed by atoms with Crippen LogP contribution >= 0.6 is 11.3 Å². The van der Waals surface area contributed by atoms with Gasteiger partial charge in [0.15, 0.2) is 0 Å². The van der Waals surface area contributed by atoms with Gasteiger partial charge >= 0.3 is 0 Å². The quantitative estimate of drug-likeness (QED) is 0.757. The Kier molecular flexibility index (Phi) is 3.73. The summed E-state index contributed by atoms with van der Waals surface area (Å²) in [6.45, 7) is 4.33. The second-order valence-corrected chi connectivity index (χ2v) is 5.04. The number of nitrogens with zero attached hydrogens (tertiary/aromatic N) is 1. The molecule has 2 aromatic rings. The molecule has 1 heterocycles. The maximum Gasteiger partial charge on any atom is 0.0932 e. The molecule has 0 spiro atoms. The number of hydrogen-bond donors (Lipinski definition) is 0. The molecule has 0 atom stereocenters. The van der Waals surface area contributed by atoms with Crippen LogP contribution in [0.2, 0.25) is 0 Å². The first-order valence-electron chi connectivity index (χ1n) is 5.81. The molecule has 1 aromatic carbocycles. The van der Waals surface area contributed by atoms with Crippen LogP contribution in [0.25, 0.3) is 11.3 Å². The third kappa shape index (κ3) is 2.70. The van der Waals surface area contributed by atoms with E-state index in [0.717, 1.165) is 12.1 Å². The van der Waals surface area contributed by atoms with E-state index in [1.165, 1.54) is 29.0 Å². The lowest BCUT2D eigenvalue weighted by Gasteiger charge is -1.97. The minimum absolute atomic E-state index is 1.12. The highest BCUT2D eigenvalue weighted by atomic mass is 32.1. The van der Waals surface area contributed by atoms with E-state index in [1.807, 2.05) is 0 Å². The minimum atomic E-state index is 1.12. The summed E-state index contributed by atoms with van der Waals surface area (Å²) < 4.78 is 0. The zero-order chi connectivity index (χ0) is 11.4. The molecule has 1 aromatic heterocycles. The highest BCUT2D eigenvalue weighted by Gasteiger charge is 2.03. The lowest BCUT2D eigenvalue weighted by atomic mass is 10.1. The Labute approximate surface area is 101 Å². The van der Waals surface area contributed by atoms with Gasteiger partial charge in [-0.25, -0.2) is 4.98 Å². The van der Waals surface area contributed by atoms with E-state index in [-0.39, 0.29) is 0 Å². The normalized spacial score (nSPS) is 10.6. The van der Waals surface area contributed by atoms with Crippen molar-refractivity contribution in [3.63, 3.8) is 0 Å². The van der Waals surface area contributed by atoms with Crippen LogP contribution in [0.1, 0.15) is 30.3 Å². The molecular formula is C14H17NS. The Bertz CT molecular complexity index is 442. The molecule has 2 rings (SSSR count). The zero-order valence-corrected chi connectivity index (χ0v) is 10.7. The van der Waals surface area contributed by atoms with Gasteiger partial charge in [-0.05, 0) is 19.8 Å². The third-order valence-electron chi connectivity index (χ3n) is 2.64. The van der Waals surface area contributed by atoms with Crippen LogP contribution in [0.3, 0.4) is 0 Å². The summed E-state index contributed by atoms with van der Waals surface area (Å²) in [6, 6.07) is 8.57. The highest BCUT2D eigenvalue weighted by molar-refractivity contribution is 7.09. The highest BCUT2D eigenvalue weighted by Crippen LogP contribution is 2.23. The van der Waals surface area contributed by atoms with Crippen LogP contribution in [-0.2, 0) is 6.42 Å². The lowest BCUT2D eigenvalue weighted by Crippen LogP contribution is -1.84. The van der Waals surface area contributed by atoms with Crippen molar-refractivity contribution >= 4 is 11.3 Å². The molecule has 1 nitrogen and oxygen atoms in total. The van der Waals surface area contributed by atoms with E-state index in [2.05, 4.69) is 48.5 Å². The number of aromatic nitrogens is 1. The summed E-state index contributed by atoms with van der Waals surface area (Å²) in [5.41, 5.74) is 3.64. The molecule has 0 aliphatic rings. The summed E-state index contributed by atoms with van der Waals surface area (Å²) in [6.07, 6.45) is 3.59. The van der Waals surface area contributed by atoms with Gasteiger partial charge in [0.25, 0.3) is 0 Å². The van der Waals surface area contributed by atoms with Crippen molar-refractivity contribution < 1.29 is 0 Å². The average Bonchev–Trinajstić information content (AvgIpc) is 2.76. The molecule has 0 aliphatic carbocycles. The van der Waals surface area contributed by atoms with Gasteiger partial charge in [-0.1, -0.05) is 43.2 Å². The van der Waals surface area contributed by atoms with E-state index >= 15 is 0 Å². The molecule has 0 bridgehead atoms. The fourth-order valence-corrected chi connectivity index (χ4v) is 2.46. The molecule has 84 valence electrons. The van der Waals surface area contributed by atoms with Crippen LogP contribution in [-0.4, -0.2) is 4.98 Å². The number of hydrogen-bond acceptors (Lipinski definition) is 2. The lowest BCUT2D eigenvalue weighted by molar-refractivity contribution is 0.790. The predicted octanol–water partition coefficient (Wildman–Crippen LogP) is 4.46. The van der Waals surface area contributed by atoms with Crippen molar-refractivity contribution in [1.82, 2.24) is 4.98 Å². The van der Waals surface area contributed by atoms with Gasteiger partial charge in [0.1, 0.15) is 0 Å². The van der Waals surface area contributed by atoms with Crippen LogP contribution < -0.4 is 0 Å². The van der Waals surface area contributed by atoms with Gasteiger partial charge < -0.3 is 0 Å². The van der Waals surface area contributed by atoms with Gasteiger partial charge in [0.2, 0.25) is 0 Å². The molecule has 0 unspecified atom stereocenters. The molecule has 0 aliphatic heterocycles. The fraction of sp³-hybridized carbons (Fsp3) is 0.357. The Balaban J connectivity index is 2.15. The van der Waals surface area contributed by atoms with Crippen molar-refractivity contribution in [3.8, 4) is 11.3 Å². The van der Waals surface area contributed by atoms with Gasteiger partial charge in [0, 0.05) is 10.9 Å². The second-order valence-electron chi connectivity index (χ2n) is 4.10. The standard InChI is InChI=1S/C14H17NS/c1-3-4-5-14-15-13(10-16-14)12-8-6-11(2)7-9-12/h6-10H,3-5H2,1-2H3. The van der Waals surface area contributed by atoms with Gasteiger partial charge in [-0.15, -0.1) is 11.3 Å². The van der Waals surface area contributed by atoms with Gasteiger partial charge in [-0.3, -0.25) is 0 Å². The van der Waals surface area contributed by atoms with Crippen molar-refractivity contribution in [1.29, 1.82) is 0 Å². The molecule has 0 amide bonds. The minimum Gasteiger partial charge on any atom is -0.241 e.